The van der Waals surface area contributed by atoms with E-state index in [1.165, 1.54) is 0 Å². The molecule has 0 bridgehead atoms. The predicted octanol–water partition coefficient (Wildman–Crippen LogP) is 0.682. The molecule has 3 unspecified atom stereocenters. The quantitative estimate of drug-likeness (QED) is 0.599. The molecule has 1 aliphatic carbocycles. The number of carbonyl (C=O) groups excluding carboxylic acids is 1. The summed E-state index contributed by atoms with van der Waals surface area (Å²) in [6.45, 7) is 0. The molecule has 1 fully saturated rings. The number of aliphatic carboxylic acids is 1. The zero-order chi connectivity index (χ0) is 15.5. The van der Waals surface area contributed by atoms with Gasteiger partial charge in [0.25, 0.3) is 0 Å². The number of hydrogen-bond donors (Lipinski definition) is 3. The van der Waals surface area contributed by atoms with E-state index >= 15 is 0 Å². The summed E-state index contributed by atoms with van der Waals surface area (Å²) < 4.78 is 0. The zero-order valence-electron chi connectivity index (χ0n) is 11.7. The molecule has 0 aromatic rings. The Morgan fingerprint density at radius 3 is 2.62 bits per heavy atom. The number of carbonyl (C=O) groups is 2. The number of carboxylic acids is 1. The lowest BCUT2D eigenvalue weighted by atomic mass is 10.0. The van der Waals surface area contributed by atoms with Gasteiger partial charge in [0, 0.05) is 31.7 Å². The summed E-state index contributed by atoms with van der Waals surface area (Å²) in [6.07, 6.45) is 6.87. The highest BCUT2D eigenvalue weighted by Gasteiger charge is 2.41. The van der Waals surface area contributed by atoms with E-state index in [-0.39, 0.29) is 25.2 Å². The van der Waals surface area contributed by atoms with E-state index in [1.807, 2.05) is 0 Å². The maximum atomic E-state index is 11.9. The van der Waals surface area contributed by atoms with E-state index in [4.69, 9.17) is 11.5 Å². The maximum Gasteiger partial charge on any atom is 0.308 e. The molecule has 0 aromatic carbocycles. The van der Waals surface area contributed by atoms with Crippen molar-refractivity contribution >= 4 is 11.9 Å². The van der Waals surface area contributed by atoms with Crippen LogP contribution in [0.3, 0.4) is 0 Å². The van der Waals surface area contributed by atoms with Crippen molar-refractivity contribution in [3.8, 4) is 12.3 Å². The van der Waals surface area contributed by atoms with Crippen molar-refractivity contribution < 1.29 is 19.8 Å². The first-order valence-electron chi connectivity index (χ1n) is 7.03. The zero-order valence-corrected chi connectivity index (χ0v) is 11.7. The summed E-state index contributed by atoms with van der Waals surface area (Å²) in [4.78, 5) is 23.0. The van der Waals surface area contributed by atoms with Gasteiger partial charge in [0.05, 0.1) is 12.0 Å². The lowest BCUT2D eigenvalue weighted by Crippen LogP contribution is -2.40. The first kappa shape index (κ1) is 15.4. The normalized spacial score (nSPS) is 28.9. The molecule has 0 saturated heterocycles. The van der Waals surface area contributed by atoms with Gasteiger partial charge in [0.1, 0.15) is 0 Å². The number of nitrogens with zero attached hydrogens (tertiary/aromatic N) is 2. The second kappa shape index (κ2) is 6.22. The van der Waals surface area contributed by atoms with E-state index in [1.54, 1.807) is 0 Å². The van der Waals surface area contributed by atoms with Gasteiger partial charge in [-0.05, 0) is 12.8 Å². The summed E-state index contributed by atoms with van der Waals surface area (Å²) in [6, 6.07) is -0.514. The van der Waals surface area contributed by atoms with Crippen LogP contribution in [0.4, 0.5) is 0 Å². The van der Waals surface area contributed by atoms with Crippen LogP contribution in [-0.2, 0) is 9.59 Å². The molecule has 7 heteroatoms. The van der Waals surface area contributed by atoms with Crippen LogP contribution in [0.5, 0.6) is 0 Å². The molecule has 1 heterocycles. The van der Waals surface area contributed by atoms with Crippen molar-refractivity contribution in [1.29, 1.82) is 0 Å². The van der Waals surface area contributed by atoms with Gasteiger partial charge in [0.2, 0.25) is 5.91 Å². The number of aliphatic hydroxyl groups is 1. The largest absolute Gasteiger partial charge is 0.481 e. The first-order valence-corrected chi connectivity index (χ1v) is 7.03. The molecule has 1 saturated carbocycles. The van der Waals surface area contributed by atoms with Crippen LogP contribution in [0.15, 0.2) is 10.2 Å². The number of hydrogen-bond acceptors (Lipinski definition) is 5. The molecule has 2 aliphatic rings. The molecule has 0 spiro atoms. The number of rotatable bonds is 7. The van der Waals surface area contributed by atoms with Crippen LogP contribution in [0.1, 0.15) is 38.5 Å². The van der Waals surface area contributed by atoms with Crippen molar-refractivity contribution in [2.24, 2.45) is 16.1 Å². The smallest absolute Gasteiger partial charge is 0.308 e. The summed E-state index contributed by atoms with van der Waals surface area (Å²) in [5.74, 6) is 0.563. The van der Waals surface area contributed by atoms with Crippen LogP contribution in [0.2, 0.25) is 0 Å². The molecular formula is C14H19N3O4. The molecule has 3 atom stereocenters. The number of aliphatic hydroxyl groups excluding tert-OH is 1. The molecule has 21 heavy (non-hydrogen) atoms. The summed E-state index contributed by atoms with van der Waals surface area (Å²) in [7, 11) is 0. The highest BCUT2D eigenvalue weighted by molar-refractivity contribution is 5.78. The third-order valence-electron chi connectivity index (χ3n) is 4.01. The van der Waals surface area contributed by atoms with Gasteiger partial charge in [-0.3, -0.25) is 9.59 Å². The third kappa shape index (κ3) is 4.02. The number of terminal acetylenes is 1. The Morgan fingerprint density at radius 1 is 1.33 bits per heavy atom. The Hall–Kier alpha value is -1.94. The van der Waals surface area contributed by atoms with Gasteiger partial charge in [-0.1, -0.05) is 0 Å². The topological polar surface area (TPSA) is 111 Å². The second-order valence-corrected chi connectivity index (χ2v) is 5.63. The predicted molar refractivity (Wildman–Crippen MR) is 73.2 cm³/mol. The van der Waals surface area contributed by atoms with Crippen molar-refractivity contribution in [3.63, 3.8) is 0 Å². The van der Waals surface area contributed by atoms with Gasteiger partial charge >= 0.3 is 5.97 Å². The van der Waals surface area contributed by atoms with E-state index in [9.17, 15) is 14.7 Å². The van der Waals surface area contributed by atoms with Gasteiger partial charge in [-0.25, -0.2) is 0 Å². The average molecular weight is 293 g/mol. The summed E-state index contributed by atoms with van der Waals surface area (Å²) >= 11 is 0. The molecule has 7 nitrogen and oxygen atoms in total. The Balaban J connectivity index is 1.77. The van der Waals surface area contributed by atoms with Gasteiger partial charge in [-0.2, -0.15) is 10.2 Å². The van der Waals surface area contributed by atoms with Crippen LogP contribution >= 0.6 is 0 Å². The minimum atomic E-state index is -0.991. The molecule has 1 aliphatic heterocycles. The lowest BCUT2D eigenvalue weighted by Gasteiger charge is -2.17. The minimum Gasteiger partial charge on any atom is -0.481 e. The Bertz CT molecular complexity index is 491. The van der Waals surface area contributed by atoms with Crippen LogP contribution in [0, 0.1) is 18.3 Å². The van der Waals surface area contributed by atoms with Gasteiger partial charge in [0.15, 0.2) is 5.66 Å². The highest BCUT2D eigenvalue weighted by Crippen LogP contribution is 2.37. The van der Waals surface area contributed by atoms with E-state index in [0.29, 0.717) is 19.3 Å². The lowest BCUT2D eigenvalue weighted by molar-refractivity contribution is -0.142. The maximum absolute atomic E-state index is 11.9. The standard InChI is InChI=1S/C14H19N3O4/c1-2-3-5-14(16-17-14)6-4-12(19)15-11-8-9(18)7-10(11)13(20)21/h1,9-11,18H,3-8H2,(H,15,19)(H,20,21). The molecule has 3 N–H and O–H groups in total. The number of nitrogens with one attached hydrogen (secondary N) is 1. The van der Waals surface area contributed by atoms with E-state index in [0.717, 1.165) is 0 Å². The average Bonchev–Trinajstić information content (AvgIpc) is 3.11. The van der Waals surface area contributed by atoms with E-state index < -0.39 is 29.7 Å². The summed E-state index contributed by atoms with van der Waals surface area (Å²) in [5.41, 5.74) is -0.509. The first-order chi connectivity index (χ1) is 9.96. The fourth-order valence-corrected chi connectivity index (χ4v) is 2.70. The van der Waals surface area contributed by atoms with Crippen LogP contribution in [0.25, 0.3) is 0 Å². The molecule has 0 aromatic heterocycles. The number of amides is 1. The third-order valence-corrected chi connectivity index (χ3v) is 4.01. The van der Waals surface area contributed by atoms with Crippen molar-refractivity contribution in [2.75, 3.05) is 0 Å². The molecule has 0 radical (unpaired) electrons. The summed E-state index contributed by atoms with van der Waals surface area (Å²) in [5, 5.41) is 29.2. The van der Waals surface area contributed by atoms with Gasteiger partial charge < -0.3 is 15.5 Å². The molecule has 2 rings (SSSR count). The Morgan fingerprint density at radius 2 is 2.05 bits per heavy atom. The van der Waals surface area contributed by atoms with Crippen LogP contribution in [-0.4, -0.2) is 39.9 Å². The highest BCUT2D eigenvalue weighted by atomic mass is 16.4. The van der Waals surface area contributed by atoms with Crippen molar-refractivity contribution in [2.45, 2.75) is 56.3 Å². The molecule has 114 valence electrons. The number of carboxylic acid groups (broad SMARTS) is 1. The fraction of sp³-hybridized carbons (Fsp3) is 0.714. The molecule has 1 amide bonds. The monoisotopic (exact) mass is 293 g/mol. The van der Waals surface area contributed by atoms with Crippen molar-refractivity contribution in [1.82, 2.24) is 5.32 Å². The SMILES string of the molecule is C#CCCC1(CCC(=O)NC2CC(O)CC2C(=O)O)N=N1. The van der Waals surface area contributed by atoms with Crippen molar-refractivity contribution in [3.05, 3.63) is 0 Å². The molecular weight excluding hydrogens is 274 g/mol. The second-order valence-electron chi connectivity index (χ2n) is 5.63. The fourth-order valence-electron chi connectivity index (χ4n) is 2.70. The minimum absolute atomic E-state index is 0.178. The Kier molecular flexibility index (Phi) is 4.58. The van der Waals surface area contributed by atoms with Crippen LogP contribution < -0.4 is 5.32 Å². The Labute approximate surface area is 122 Å². The van der Waals surface area contributed by atoms with E-state index in [2.05, 4.69) is 21.5 Å². The van der Waals surface area contributed by atoms with Gasteiger partial charge in [-0.15, -0.1) is 12.3 Å².